The molecule has 1 aromatic heterocycles. The van der Waals surface area contributed by atoms with Crippen LogP contribution in [0.25, 0.3) is 0 Å². The minimum Gasteiger partial charge on any atom is -0.461 e. The molecule has 0 unspecified atom stereocenters. The van der Waals surface area contributed by atoms with Crippen LogP contribution in [0, 0.1) is 0 Å². The van der Waals surface area contributed by atoms with E-state index in [1.54, 1.807) is 22.7 Å². The summed E-state index contributed by atoms with van der Waals surface area (Å²) in [4.78, 5) is 11.1. The number of likely N-dealkylation sites (N-methyl/N-ethyl adjacent to an activating group) is 1. The number of nitrogens with zero attached hydrogens (tertiary/aromatic N) is 1. The van der Waals surface area contributed by atoms with E-state index in [-0.39, 0.29) is 5.97 Å². The van der Waals surface area contributed by atoms with Gasteiger partial charge in [0, 0.05) is 10.8 Å². The van der Waals surface area contributed by atoms with Crippen molar-refractivity contribution in [2.75, 3.05) is 20.2 Å². The molecule has 0 atom stereocenters. The summed E-state index contributed by atoms with van der Waals surface area (Å²) in [7, 11) is 1.89. The molecule has 0 amide bonds. The lowest BCUT2D eigenvalue weighted by Crippen LogP contribution is -2.29. The van der Waals surface area contributed by atoms with Gasteiger partial charge in [0.25, 0.3) is 0 Å². The van der Waals surface area contributed by atoms with Crippen LogP contribution in [0.15, 0.2) is 10.8 Å². The maximum atomic E-state index is 11.1. The molecular formula is C8H12NO2S2+. The first-order valence-electron chi connectivity index (χ1n) is 3.96. The number of carbonyl (C=O) groups excluding carboxylic acids is 1. The minimum atomic E-state index is -0.175. The summed E-state index contributed by atoms with van der Waals surface area (Å²) >= 11 is 3.26. The van der Waals surface area contributed by atoms with E-state index in [9.17, 15) is 4.79 Å². The van der Waals surface area contributed by atoms with Gasteiger partial charge < -0.3 is 4.74 Å². The molecule has 1 rings (SSSR count). The number of ether oxygens (including phenoxy) is 1. The van der Waals surface area contributed by atoms with Gasteiger partial charge in [-0.3, -0.25) is 0 Å². The topological polar surface area (TPSA) is 29.3 Å². The van der Waals surface area contributed by atoms with Gasteiger partial charge in [0.1, 0.15) is 7.05 Å². The molecule has 3 nitrogen and oxygen atoms in total. The Morgan fingerprint density at radius 2 is 2.15 bits per heavy atom. The molecule has 0 fully saturated rings. The highest BCUT2D eigenvalue weighted by Crippen LogP contribution is 1.92. The van der Waals surface area contributed by atoms with E-state index < -0.39 is 0 Å². The zero-order chi connectivity index (χ0) is 9.68. The first kappa shape index (κ1) is 10.4. The second-order valence-electron chi connectivity index (χ2n) is 2.43. The van der Waals surface area contributed by atoms with Gasteiger partial charge in [0.05, 0.1) is 6.61 Å². The average molecular weight is 218 g/mol. The average Bonchev–Trinajstić information content (AvgIpc) is 2.55. The zero-order valence-electron chi connectivity index (χ0n) is 7.65. The van der Waals surface area contributed by atoms with E-state index in [0.29, 0.717) is 13.2 Å². The van der Waals surface area contributed by atoms with Gasteiger partial charge in [-0.15, -0.1) is 0 Å². The molecule has 0 bridgehead atoms. The second-order valence-corrected chi connectivity index (χ2v) is 4.48. The zero-order valence-corrected chi connectivity index (χ0v) is 9.28. The minimum absolute atomic E-state index is 0.175. The lowest BCUT2D eigenvalue weighted by Gasteiger charge is -1.96. The number of hydrogen-bond donors (Lipinski definition) is 0. The number of carbonyl (C=O) groups is 1. The molecule has 0 aliphatic rings. The lowest BCUT2D eigenvalue weighted by atomic mass is 10.6. The van der Waals surface area contributed by atoms with Gasteiger partial charge in [0.15, 0.2) is 0 Å². The first-order valence-corrected chi connectivity index (χ1v) is 5.72. The van der Waals surface area contributed by atoms with Crippen LogP contribution >= 0.6 is 22.7 Å². The van der Waals surface area contributed by atoms with E-state index >= 15 is 0 Å². The fourth-order valence-corrected chi connectivity index (χ4v) is 2.57. The summed E-state index contributed by atoms with van der Waals surface area (Å²) in [5, 5.41) is 4.00. The van der Waals surface area contributed by atoms with Gasteiger partial charge in [0.2, 0.25) is 6.54 Å². The molecule has 0 radical (unpaired) electrons. The summed E-state index contributed by atoms with van der Waals surface area (Å²) in [5.41, 5.74) is 0. The highest BCUT2D eigenvalue weighted by atomic mass is 32.2. The lowest BCUT2D eigenvalue weighted by molar-refractivity contribution is -0.142. The summed E-state index contributed by atoms with van der Waals surface area (Å²) in [6, 6.07) is 0. The van der Waals surface area contributed by atoms with Crippen LogP contribution in [0.3, 0.4) is 0 Å². The Bertz CT molecular complexity index is 323. The number of hydrogen-bond acceptors (Lipinski definition) is 4. The van der Waals surface area contributed by atoms with E-state index in [1.165, 1.54) is 0 Å². The molecule has 5 heteroatoms. The Kier molecular flexibility index (Phi) is 4.11. The Labute approximate surface area is 84.9 Å². The Morgan fingerprint density at radius 1 is 1.54 bits per heavy atom. The van der Waals surface area contributed by atoms with E-state index in [4.69, 9.17) is 4.74 Å². The van der Waals surface area contributed by atoms with Crippen LogP contribution in [0.4, 0.5) is 0 Å². The Hall–Kier alpha value is -0.680. The standard InChI is InChI=1S/C8H12NO2S2/c1-3-11-7(10)6-9(2)8-12-4-5-13-8/h4-5H,3,6H2,1-2H3/q+1. The highest BCUT2D eigenvalue weighted by Gasteiger charge is 2.09. The van der Waals surface area contributed by atoms with Gasteiger partial charge >= 0.3 is 9.95 Å². The van der Waals surface area contributed by atoms with Crippen molar-refractivity contribution in [3.63, 3.8) is 0 Å². The monoisotopic (exact) mass is 218 g/mol. The molecule has 0 saturated carbocycles. The molecule has 0 aliphatic carbocycles. The maximum Gasteiger partial charge on any atom is 0.372 e. The molecule has 0 aliphatic heterocycles. The third-order valence-corrected chi connectivity index (χ3v) is 3.70. The summed E-state index contributed by atoms with van der Waals surface area (Å²) in [6.07, 6.45) is 0. The quantitative estimate of drug-likeness (QED) is 0.554. The molecular weight excluding hydrogens is 206 g/mol. The van der Waals surface area contributed by atoms with E-state index in [1.807, 2.05) is 29.3 Å². The van der Waals surface area contributed by atoms with Crippen LogP contribution in [-0.2, 0) is 9.53 Å². The number of rotatable bonds is 3. The van der Waals surface area contributed by atoms with Crippen molar-refractivity contribution in [1.82, 2.24) is 4.58 Å². The molecule has 1 heterocycles. The molecule has 0 saturated heterocycles. The molecule has 13 heavy (non-hydrogen) atoms. The van der Waals surface area contributed by atoms with Crippen molar-refractivity contribution in [3.8, 4) is 0 Å². The fraction of sp³-hybridized carbons (Fsp3) is 0.500. The van der Waals surface area contributed by atoms with Crippen LogP contribution in [0.5, 0.6) is 0 Å². The van der Waals surface area contributed by atoms with Crippen LogP contribution in [0.1, 0.15) is 6.92 Å². The third-order valence-electron chi connectivity index (χ3n) is 1.38. The van der Waals surface area contributed by atoms with Crippen LogP contribution in [-0.4, -0.2) is 26.2 Å². The van der Waals surface area contributed by atoms with Gasteiger partial charge in [-0.1, -0.05) is 22.7 Å². The van der Waals surface area contributed by atoms with E-state index in [0.717, 1.165) is 3.98 Å². The van der Waals surface area contributed by atoms with Crippen molar-refractivity contribution in [1.29, 1.82) is 0 Å². The van der Waals surface area contributed by atoms with Gasteiger partial charge in [-0.05, 0) is 6.92 Å². The van der Waals surface area contributed by atoms with Crippen LogP contribution in [0.2, 0.25) is 0 Å². The maximum absolute atomic E-state index is 11.1. The van der Waals surface area contributed by atoms with Gasteiger partial charge in [-0.2, -0.15) is 0 Å². The van der Waals surface area contributed by atoms with Crippen molar-refractivity contribution < 1.29 is 9.53 Å². The van der Waals surface area contributed by atoms with Crippen molar-refractivity contribution >= 4 is 28.6 Å². The predicted molar refractivity (Wildman–Crippen MR) is 54.9 cm³/mol. The molecule has 72 valence electrons. The highest BCUT2D eigenvalue weighted by molar-refractivity contribution is 7.24. The smallest absolute Gasteiger partial charge is 0.372 e. The summed E-state index contributed by atoms with van der Waals surface area (Å²) in [5.74, 6) is -0.175. The number of esters is 1. The van der Waals surface area contributed by atoms with E-state index in [2.05, 4.69) is 0 Å². The first-order chi connectivity index (χ1) is 6.24. The van der Waals surface area contributed by atoms with Gasteiger partial charge in [-0.25, -0.2) is 9.37 Å². The Morgan fingerprint density at radius 3 is 2.69 bits per heavy atom. The molecule has 0 aromatic carbocycles. The largest absolute Gasteiger partial charge is 0.461 e. The van der Waals surface area contributed by atoms with Crippen LogP contribution < -0.4 is 8.56 Å². The normalized spacial score (nSPS) is 9.69. The molecule has 0 N–H and O–H groups in total. The molecule has 0 spiro atoms. The SMILES string of the molecule is CCOC(=O)C[N+](C)=c1sccs1. The van der Waals surface area contributed by atoms with Crippen molar-refractivity contribution in [3.05, 3.63) is 14.7 Å². The summed E-state index contributed by atoms with van der Waals surface area (Å²) < 4.78 is 7.85. The fourth-order valence-electron chi connectivity index (χ4n) is 0.845. The van der Waals surface area contributed by atoms with Crippen molar-refractivity contribution in [2.24, 2.45) is 0 Å². The molecule has 1 aromatic rings. The predicted octanol–water partition coefficient (Wildman–Crippen LogP) is 0.775. The Balaban J connectivity index is 2.66. The third kappa shape index (κ3) is 3.28. The van der Waals surface area contributed by atoms with Crippen molar-refractivity contribution in [2.45, 2.75) is 6.92 Å². The second kappa shape index (κ2) is 5.14. The summed E-state index contributed by atoms with van der Waals surface area (Å²) in [6.45, 7) is 2.58.